The lowest BCUT2D eigenvalue weighted by atomic mass is 10.2. The molecule has 0 radical (unpaired) electrons. The van der Waals surface area contributed by atoms with Crippen LogP contribution in [0.3, 0.4) is 0 Å². The molecule has 28 heavy (non-hydrogen) atoms. The van der Waals surface area contributed by atoms with E-state index in [4.69, 9.17) is 4.52 Å². The Kier molecular flexibility index (Phi) is 6.28. The number of piperazine rings is 1. The largest absolute Gasteiger partial charge is 0.360 e. The second-order valence-electron chi connectivity index (χ2n) is 6.67. The molecule has 1 aliphatic heterocycles. The van der Waals surface area contributed by atoms with Crippen molar-refractivity contribution in [1.29, 1.82) is 0 Å². The van der Waals surface area contributed by atoms with E-state index in [0.717, 1.165) is 11.5 Å². The van der Waals surface area contributed by atoms with Gasteiger partial charge in [-0.05, 0) is 25.1 Å². The Balaban J connectivity index is 1.62. The van der Waals surface area contributed by atoms with Crippen LogP contribution in [0.15, 0.2) is 52.4 Å². The molecule has 1 fully saturated rings. The van der Waals surface area contributed by atoms with E-state index >= 15 is 0 Å². The van der Waals surface area contributed by atoms with E-state index in [-0.39, 0.29) is 17.3 Å². The number of carbonyl (C=O) groups excluding carboxylic acids is 1. The standard InChI is InChI=1S/C19H24N4O4S/c1-3-7-20-28(25,26)18-6-4-5-16(13-18)19(24)23-10-8-22(9-11-23)14-17-12-15(2)21-27-17/h3-6,12-13,20H,1,7-11,14H2,2H3. The third kappa shape index (κ3) is 4.86. The molecule has 0 unspecified atom stereocenters. The molecule has 2 aromatic rings. The Morgan fingerprint density at radius 1 is 1.29 bits per heavy atom. The molecule has 1 aromatic carbocycles. The van der Waals surface area contributed by atoms with Gasteiger partial charge < -0.3 is 9.42 Å². The average Bonchev–Trinajstić information content (AvgIpc) is 3.11. The molecule has 0 bridgehead atoms. The van der Waals surface area contributed by atoms with E-state index in [9.17, 15) is 13.2 Å². The molecule has 1 amide bonds. The quantitative estimate of drug-likeness (QED) is 0.701. The monoisotopic (exact) mass is 404 g/mol. The van der Waals surface area contributed by atoms with Crippen LogP contribution in [-0.2, 0) is 16.6 Å². The summed E-state index contributed by atoms with van der Waals surface area (Å²) in [6.07, 6.45) is 1.46. The fourth-order valence-electron chi connectivity index (χ4n) is 3.05. The van der Waals surface area contributed by atoms with Crippen LogP contribution in [0.5, 0.6) is 0 Å². The van der Waals surface area contributed by atoms with Gasteiger partial charge in [0.05, 0.1) is 17.1 Å². The third-order valence-corrected chi connectivity index (χ3v) is 5.95. The summed E-state index contributed by atoms with van der Waals surface area (Å²) in [4.78, 5) is 16.8. The van der Waals surface area contributed by atoms with E-state index in [0.29, 0.717) is 38.3 Å². The number of hydrogen-bond acceptors (Lipinski definition) is 6. The molecule has 3 rings (SSSR count). The summed E-state index contributed by atoms with van der Waals surface area (Å²) in [6, 6.07) is 8.01. The van der Waals surface area contributed by atoms with E-state index in [1.807, 2.05) is 13.0 Å². The first-order valence-electron chi connectivity index (χ1n) is 9.03. The first kappa shape index (κ1) is 20.2. The van der Waals surface area contributed by atoms with Crippen LogP contribution >= 0.6 is 0 Å². The lowest BCUT2D eigenvalue weighted by molar-refractivity contribution is 0.0617. The number of nitrogens with zero attached hydrogens (tertiary/aromatic N) is 3. The number of hydrogen-bond donors (Lipinski definition) is 1. The fourth-order valence-corrected chi connectivity index (χ4v) is 4.09. The molecule has 9 heteroatoms. The van der Waals surface area contributed by atoms with E-state index < -0.39 is 10.0 Å². The minimum Gasteiger partial charge on any atom is -0.360 e. The van der Waals surface area contributed by atoms with E-state index in [2.05, 4.69) is 21.4 Å². The SMILES string of the molecule is C=CCNS(=O)(=O)c1cccc(C(=O)N2CCN(Cc3cc(C)no3)CC2)c1. The smallest absolute Gasteiger partial charge is 0.253 e. The maximum absolute atomic E-state index is 12.8. The van der Waals surface area contributed by atoms with E-state index in [1.54, 1.807) is 17.0 Å². The highest BCUT2D eigenvalue weighted by molar-refractivity contribution is 7.89. The molecule has 1 N–H and O–H groups in total. The highest BCUT2D eigenvalue weighted by Crippen LogP contribution is 2.16. The van der Waals surface area contributed by atoms with Crippen molar-refractivity contribution in [1.82, 2.24) is 19.7 Å². The highest BCUT2D eigenvalue weighted by atomic mass is 32.2. The van der Waals surface area contributed by atoms with Crippen molar-refractivity contribution in [2.45, 2.75) is 18.4 Å². The zero-order valence-corrected chi connectivity index (χ0v) is 16.6. The molecule has 0 spiro atoms. The zero-order chi connectivity index (χ0) is 20.1. The predicted molar refractivity (Wildman–Crippen MR) is 104 cm³/mol. The van der Waals surface area contributed by atoms with Gasteiger partial charge in [-0.15, -0.1) is 6.58 Å². The Morgan fingerprint density at radius 2 is 2.04 bits per heavy atom. The number of benzene rings is 1. The van der Waals surface area contributed by atoms with Gasteiger partial charge in [0.2, 0.25) is 10.0 Å². The van der Waals surface area contributed by atoms with Gasteiger partial charge in [-0.2, -0.15) is 0 Å². The lowest BCUT2D eigenvalue weighted by Crippen LogP contribution is -2.48. The van der Waals surface area contributed by atoms with Gasteiger partial charge in [-0.1, -0.05) is 17.3 Å². The van der Waals surface area contributed by atoms with Crippen LogP contribution in [0.25, 0.3) is 0 Å². The number of rotatable bonds is 7. The Hall–Kier alpha value is -2.49. The van der Waals surface area contributed by atoms with Crippen LogP contribution in [0, 0.1) is 6.92 Å². The first-order valence-corrected chi connectivity index (χ1v) is 10.5. The van der Waals surface area contributed by atoms with Crippen LogP contribution in [-0.4, -0.2) is 62.0 Å². The minimum atomic E-state index is -3.67. The van der Waals surface area contributed by atoms with Crippen molar-refractivity contribution in [2.75, 3.05) is 32.7 Å². The van der Waals surface area contributed by atoms with Gasteiger partial charge in [-0.3, -0.25) is 9.69 Å². The Morgan fingerprint density at radius 3 is 2.68 bits per heavy atom. The molecular weight excluding hydrogens is 380 g/mol. The summed E-state index contributed by atoms with van der Waals surface area (Å²) in [7, 11) is -3.67. The molecule has 0 aliphatic carbocycles. The lowest BCUT2D eigenvalue weighted by Gasteiger charge is -2.34. The van der Waals surface area contributed by atoms with Gasteiger partial charge in [0, 0.05) is 44.4 Å². The highest BCUT2D eigenvalue weighted by Gasteiger charge is 2.24. The van der Waals surface area contributed by atoms with Crippen molar-refractivity contribution in [3.63, 3.8) is 0 Å². The third-order valence-electron chi connectivity index (χ3n) is 4.52. The van der Waals surface area contributed by atoms with Crippen molar-refractivity contribution in [3.8, 4) is 0 Å². The van der Waals surface area contributed by atoms with Crippen molar-refractivity contribution < 1.29 is 17.7 Å². The molecule has 0 saturated carbocycles. The summed E-state index contributed by atoms with van der Waals surface area (Å²) < 4.78 is 32.2. The number of carbonyl (C=O) groups is 1. The number of aromatic nitrogens is 1. The maximum Gasteiger partial charge on any atom is 0.253 e. The normalized spacial score (nSPS) is 15.5. The molecule has 1 saturated heterocycles. The van der Waals surface area contributed by atoms with Crippen LogP contribution in [0.4, 0.5) is 0 Å². The number of nitrogens with one attached hydrogen (secondary N) is 1. The predicted octanol–water partition coefficient (Wildman–Crippen LogP) is 1.41. The average molecular weight is 404 g/mol. The molecule has 150 valence electrons. The Labute approximate surface area is 164 Å². The van der Waals surface area contributed by atoms with Crippen LogP contribution in [0.1, 0.15) is 21.8 Å². The zero-order valence-electron chi connectivity index (χ0n) is 15.8. The minimum absolute atomic E-state index is 0.0690. The van der Waals surface area contributed by atoms with Gasteiger partial charge in [-0.25, -0.2) is 13.1 Å². The van der Waals surface area contributed by atoms with Crippen molar-refractivity contribution in [2.24, 2.45) is 0 Å². The molecule has 2 heterocycles. The number of sulfonamides is 1. The van der Waals surface area contributed by atoms with Gasteiger partial charge >= 0.3 is 0 Å². The second kappa shape index (κ2) is 8.68. The topological polar surface area (TPSA) is 95.8 Å². The fraction of sp³-hybridized carbons (Fsp3) is 0.368. The van der Waals surface area contributed by atoms with Crippen molar-refractivity contribution in [3.05, 3.63) is 60.0 Å². The number of amides is 1. The Bertz CT molecular complexity index is 946. The maximum atomic E-state index is 12.8. The molecule has 8 nitrogen and oxygen atoms in total. The van der Waals surface area contributed by atoms with Crippen LogP contribution in [0.2, 0.25) is 0 Å². The van der Waals surface area contributed by atoms with Crippen LogP contribution < -0.4 is 4.72 Å². The van der Waals surface area contributed by atoms with Gasteiger partial charge in [0.1, 0.15) is 0 Å². The second-order valence-corrected chi connectivity index (χ2v) is 8.44. The first-order chi connectivity index (χ1) is 13.4. The van der Waals surface area contributed by atoms with E-state index in [1.165, 1.54) is 18.2 Å². The molecule has 1 aliphatic rings. The molecule has 1 aromatic heterocycles. The summed E-state index contributed by atoms with van der Waals surface area (Å²) in [5.41, 5.74) is 1.21. The molecular formula is C19H24N4O4S. The summed E-state index contributed by atoms with van der Waals surface area (Å²) >= 11 is 0. The summed E-state index contributed by atoms with van der Waals surface area (Å²) in [6.45, 7) is 8.73. The summed E-state index contributed by atoms with van der Waals surface area (Å²) in [5, 5.41) is 3.89. The van der Waals surface area contributed by atoms with Gasteiger partial charge in [0.25, 0.3) is 5.91 Å². The summed E-state index contributed by atoms with van der Waals surface area (Å²) in [5.74, 6) is 0.637. The van der Waals surface area contributed by atoms with Gasteiger partial charge in [0.15, 0.2) is 5.76 Å². The number of aryl methyl sites for hydroxylation is 1. The molecule has 0 atom stereocenters. The van der Waals surface area contributed by atoms with Crippen molar-refractivity contribution >= 4 is 15.9 Å².